The van der Waals surface area contributed by atoms with E-state index in [9.17, 15) is 9.59 Å². The van der Waals surface area contributed by atoms with Crippen LogP contribution in [0.25, 0.3) is 0 Å². The average molecular weight is 273 g/mol. The molecule has 0 aromatic carbocycles. The van der Waals surface area contributed by atoms with Crippen molar-refractivity contribution in [2.75, 3.05) is 6.61 Å². The Balaban J connectivity index is 2.80. The van der Waals surface area contributed by atoms with Crippen molar-refractivity contribution in [2.24, 2.45) is 0 Å². The highest BCUT2D eigenvalue weighted by Crippen LogP contribution is 2.19. The van der Waals surface area contributed by atoms with Gasteiger partial charge in [0.15, 0.2) is 0 Å². The number of carbonyl (C=O) groups is 2. The van der Waals surface area contributed by atoms with E-state index in [0.29, 0.717) is 10.6 Å². The summed E-state index contributed by atoms with van der Waals surface area (Å²) in [4.78, 5) is 23.1. The molecule has 0 aliphatic rings. The summed E-state index contributed by atoms with van der Waals surface area (Å²) in [5.74, 6) is -1.67. The van der Waals surface area contributed by atoms with Crippen LogP contribution in [0.1, 0.15) is 41.6 Å². The molecule has 1 rings (SSSR count). The predicted molar refractivity (Wildman–Crippen MR) is 64.6 cm³/mol. The molecule has 0 aliphatic heterocycles. The summed E-state index contributed by atoms with van der Waals surface area (Å²) in [6, 6.07) is -1.11. The highest BCUT2D eigenvalue weighted by molar-refractivity contribution is 7.08. The van der Waals surface area contributed by atoms with Crippen LogP contribution in [0.2, 0.25) is 0 Å². The lowest BCUT2D eigenvalue weighted by atomic mass is 10.1. The number of aliphatic hydroxyl groups excluding tert-OH is 1. The van der Waals surface area contributed by atoms with Gasteiger partial charge in [-0.3, -0.25) is 4.79 Å². The molecule has 7 nitrogen and oxygen atoms in total. The fraction of sp³-hybridized carbons (Fsp3) is 0.600. The summed E-state index contributed by atoms with van der Waals surface area (Å²) in [7, 11) is 0. The van der Waals surface area contributed by atoms with E-state index in [2.05, 4.69) is 14.9 Å². The van der Waals surface area contributed by atoms with Crippen LogP contribution in [0.15, 0.2) is 0 Å². The number of carboxylic acids is 1. The Morgan fingerprint density at radius 2 is 2.11 bits per heavy atom. The molecule has 0 saturated carbocycles. The summed E-state index contributed by atoms with van der Waals surface area (Å²) < 4.78 is 3.70. The second-order valence-electron chi connectivity index (χ2n) is 4.02. The van der Waals surface area contributed by atoms with Crippen LogP contribution in [0.3, 0.4) is 0 Å². The lowest BCUT2D eigenvalue weighted by molar-refractivity contribution is -0.139. The fourth-order valence-electron chi connectivity index (χ4n) is 1.34. The number of carboxylic acid groups (broad SMARTS) is 1. The Bertz CT molecular complexity index is 433. The molecule has 0 radical (unpaired) electrons. The third-order valence-corrected chi connectivity index (χ3v) is 3.03. The number of hydrogen-bond acceptors (Lipinski definition) is 6. The molecule has 0 saturated heterocycles. The molecule has 0 bridgehead atoms. The predicted octanol–water partition coefficient (Wildman–Crippen LogP) is 0.227. The van der Waals surface area contributed by atoms with Crippen LogP contribution in [0.5, 0.6) is 0 Å². The van der Waals surface area contributed by atoms with Gasteiger partial charge in [0.2, 0.25) is 0 Å². The zero-order chi connectivity index (χ0) is 13.7. The van der Waals surface area contributed by atoms with Crippen molar-refractivity contribution in [1.29, 1.82) is 0 Å². The van der Waals surface area contributed by atoms with Gasteiger partial charge in [0.05, 0.1) is 5.69 Å². The first-order chi connectivity index (χ1) is 8.47. The third-order valence-electron chi connectivity index (χ3n) is 2.29. The first kappa shape index (κ1) is 14.5. The first-order valence-corrected chi connectivity index (χ1v) is 6.21. The molecule has 8 heteroatoms. The zero-order valence-corrected chi connectivity index (χ0v) is 10.9. The number of hydrogen-bond donors (Lipinski definition) is 3. The minimum atomic E-state index is -1.18. The SMILES string of the molecule is CC(C)c1nnsc1C(=O)N[C@H](CCO)C(=O)O. The molecule has 0 spiro atoms. The maximum atomic E-state index is 11.9. The number of amides is 1. The number of nitrogens with zero attached hydrogens (tertiary/aromatic N) is 2. The van der Waals surface area contributed by atoms with Crippen molar-refractivity contribution in [3.05, 3.63) is 10.6 Å². The molecule has 0 unspecified atom stereocenters. The topological polar surface area (TPSA) is 112 Å². The molecule has 100 valence electrons. The number of aromatic nitrogens is 2. The van der Waals surface area contributed by atoms with E-state index in [1.54, 1.807) is 0 Å². The number of nitrogens with one attached hydrogen (secondary N) is 1. The molecule has 1 heterocycles. The average Bonchev–Trinajstić information content (AvgIpc) is 2.77. The second kappa shape index (κ2) is 6.41. The Kier molecular flexibility index (Phi) is 5.17. The fourth-order valence-corrected chi connectivity index (χ4v) is 2.07. The van der Waals surface area contributed by atoms with Gasteiger partial charge in [-0.15, -0.1) is 5.10 Å². The molecule has 3 N–H and O–H groups in total. The molecule has 18 heavy (non-hydrogen) atoms. The summed E-state index contributed by atoms with van der Waals surface area (Å²) in [5, 5.41) is 23.8. The molecule has 1 amide bonds. The molecular formula is C10H15N3O4S. The zero-order valence-electron chi connectivity index (χ0n) is 10.1. The minimum absolute atomic E-state index is 0.0330. The van der Waals surface area contributed by atoms with E-state index in [1.807, 2.05) is 13.8 Å². The van der Waals surface area contributed by atoms with Crippen LogP contribution in [0.4, 0.5) is 0 Å². The van der Waals surface area contributed by atoms with Crippen molar-refractivity contribution < 1.29 is 19.8 Å². The number of aliphatic hydroxyl groups is 1. The maximum Gasteiger partial charge on any atom is 0.326 e. The van der Waals surface area contributed by atoms with Crippen molar-refractivity contribution in [1.82, 2.24) is 14.9 Å². The highest BCUT2D eigenvalue weighted by atomic mass is 32.1. The summed E-state index contributed by atoms with van der Waals surface area (Å²) >= 11 is 0.929. The van der Waals surface area contributed by atoms with Gasteiger partial charge in [-0.2, -0.15) is 0 Å². The summed E-state index contributed by atoms with van der Waals surface area (Å²) in [6.07, 6.45) is -0.0374. The Hall–Kier alpha value is -1.54. The Morgan fingerprint density at radius 1 is 1.44 bits per heavy atom. The van der Waals surface area contributed by atoms with Gasteiger partial charge in [0, 0.05) is 13.0 Å². The monoisotopic (exact) mass is 273 g/mol. The van der Waals surface area contributed by atoms with E-state index < -0.39 is 17.9 Å². The van der Waals surface area contributed by atoms with E-state index >= 15 is 0 Å². The van der Waals surface area contributed by atoms with Crippen LogP contribution in [-0.2, 0) is 4.79 Å². The van der Waals surface area contributed by atoms with E-state index in [-0.39, 0.29) is 18.9 Å². The van der Waals surface area contributed by atoms with Crippen LogP contribution >= 0.6 is 11.5 Å². The lowest BCUT2D eigenvalue weighted by Crippen LogP contribution is -2.41. The van der Waals surface area contributed by atoms with Crippen molar-refractivity contribution in [3.8, 4) is 0 Å². The van der Waals surface area contributed by atoms with Gasteiger partial charge in [-0.1, -0.05) is 18.3 Å². The first-order valence-electron chi connectivity index (χ1n) is 5.44. The Morgan fingerprint density at radius 3 is 2.61 bits per heavy atom. The van der Waals surface area contributed by atoms with Gasteiger partial charge in [-0.05, 0) is 17.5 Å². The van der Waals surface area contributed by atoms with Crippen molar-refractivity contribution in [2.45, 2.75) is 32.2 Å². The van der Waals surface area contributed by atoms with Crippen molar-refractivity contribution in [3.63, 3.8) is 0 Å². The molecular weight excluding hydrogens is 258 g/mol. The molecule has 1 atom stereocenters. The van der Waals surface area contributed by atoms with Gasteiger partial charge in [0.25, 0.3) is 5.91 Å². The van der Waals surface area contributed by atoms with Crippen molar-refractivity contribution >= 4 is 23.4 Å². The summed E-state index contributed by atoms with van der Waals surface area (Å²) in [5.41, 5.74) is 0.547. The third kappa shape index (κ3) is 3.47. The van der Waals surface area contributed by atoms with Gasteiger partial charge in [-0.25, -0.2) is 4.79 Å². The molecule has 0 aliphatic carbocycles. The summed E-state index contributed by atoms with van der Waals surface area (Å²) in [6.45, 7) is 3.43. The minimum Gasteiger partial charge on any atom is -0.480 e. The Labute approximate surface area is 108 Å². The van der Waals surface area contributed by atoms with Crippen LogP contribution < -0.4 is 5.32 Å². The van der Waals surface area contributed by atoms with Crippen LogP contribution in [0, 0.1) is 0 Å². The molecule has 1 aromatic heterocycles. The van der Waals surface area contributed by atoms with Crippen LogP contribution in [-0.4, -0.2) is 44.3 Å². The normalized spacial score (nSPS) is 12.4. The number of carbonyl (C=O) groups excluding carboxylic acids is 1. The van der Waals surface area contributed by atoms with Gasteiger partial charge < -0.3 is 15.5 Å². The number of aliphatic carboxylic acids is 1. The second-order valence-corrected chi connectivity index (χ2v) is 4.77. The van der Waals surface area contributed by atoms with Gasteiger partial charge in [0.1, 0.15) is 10.9 Å². The lowest BCUT2D eigenvalue weighted by Gasteiger charge is -2.13. The van der Waals surface area contributed by atoms with E-state index in [1.165, 1.54) is 0 Å². The largest absolute Gasteiger partial charge is 0.480 e. The smallest absolute Gasteiger partial charge is 0.326 e. The molecule has 1 aromatic rings. The quantitative estimate of drug-likeness (QED) is 0.683. The highest BCUT2D eigenvalue weighted by Gasteiger charge is 2.24. The number of rotatable bonds is 6. The molecule has 0 fully saturated rings. The standard InChI is InChI=1S/C10H15N3O4S/c1-5(2)7-8(18-13-12-7)9(15)11-6(3-4-14)10(16)17/h5-6,14H,3-4H2,1-2H3,(H,11,15)(H,16,17)/t6-/m1/s1. The van der Waals surface area contributed by atoms with E-state index in [4.69, 9.17) is 10.2 Å². The van der Waals surface area contributed by atoms with E-state index in [0.717, 1.165) is 11.5 Å². The van der Waals surface area contributed by atoms with Gasteiger partial charge >= 0.3 is 5.97 Å². The maximum absolute atomic E-state index is 11.9.